The summed E-state index contributed by atoms with van der Waals surface area (Å²) in [5.41, 5.74) is 11.0. The number of rotatable bonds is 9. The van der Waals surface area contributed by atoms with Crippen LogP contribution in [0.5, 0.6) is 17.2 Å². The van der Waals surface area contributed by atoms with Crippen LogP contribution in [0, 0.1) is 33.7 Å². The second-order valence-electron chi connectivity index (χ2n) is 13.2. The quantitative estimate of drug-likeness (QED) is 0.0533. The van der Waals surface area contributed by atoms with Gasteiger partial charge >= 0.3 is 5.97 Å². The molecular weight excluding hydrogens is 780 g/mol. The number of hydrogen-bond acceptors (Lipinski definition) is 12. The maximum atomic E-state index is 14.5. The van der Waals surface area contributed by atoms with Crippen molar-refractivity contribution in [3.8, 4) is 29.6 Å². The minimum atomic E-state index is -3.10. The summed E-state index contributed by atoms with van der Waals surface area (Å²) >= 11 is 7.18. The monoisotopic (exact) mass is 817 g/mol. The third kappa shape index (κ3) is 11.4. The number of terminal acetylenes is 1. The number of benzene rings is 3. The van der Waals surface area contributed by atoms with Crippen LogP contribution in [0.1, 0.15) is 26.1 Å². The zero-order valence-corrected chi connectivity index (χ0v) is 32.3. The van der Waals surface area contributed by atoms with E-state index in [1.165, 1.54) is 47.4 Å². The van der Waals surface area contributed by atoms with Crippen molar-refractivity contribution in [3.05, 3.63) is 86.2 Å². The number of amides is 1. The van der Waals surface area contributed by atoms with Gasteiger partial charge in [0.2, 0.25) is 4.80 Å². The molecule has 4 aromatic rings. The molecule has 0 aliphatic carbocycles. The Labute approximate surface area is 323 Å². The maximum Gasteiger partial charge on any atom is 0.320 e. The fourth-order valence-corrected chi connectivity index (χ4v) is 6.88. The molecule has 0 bridgehead atoms. The molecule has 55 heavy (non-hydrogen) atoms. The molecule has 1 aromatic heterocycles. The molecule has 20 heteroatoms. The third-order valence-corrected chi connectivity index (χ3v) is 10.2. The van der Waals surface area contributed by atoms with Crippen LogP contribution in [0.25, 0.3) is 0 Å². The Morgan fingerprint density at radius 1 is 1.31 bits per heavy atom. The second kappa shape index (κ2) is 17.9. The zero-order chi connectivity index (χ0) is 40.7. The number of aliphatic carboxylic acids is 1. The number of carboxylic acid groups (broad SMARTS) is 1. The van der Waals surface area contributed by atoms with Gasteiger partial charge in [0.15, 0.2) is 19.8 Å². The van der Waals surface area contributed by atoms with E-state index < -0.39 is 30.1 Å². The molecule has 1 amide bonds. The summed E-state index contributed by atoms with van der Waals surface area (Å²) in [5, 5.41) is 19.0. The molecule has 0 saturated heterocycles. The number of nitro benzene ring substituents is 1. The van der Waals surface area contributed by atoms with Gasteiger partial charge in [0.1, 0.15) is 45.5 Å². The fourth-order valence-electron chi connectivity index (χ4n) is 5.16. The molecule has 3 heterocycles. The summed E-state index contributed by atoms with van der Waals surface area (Å²) in [6, 6.07) is 13.3. The standard InChI is InChI=1S/C18H17FN4O2S.C12H9ClN2O3.C5H12NO4P/c1-4-5-22-13-7-12(11(19)6-14(13)25-9-16(22)24)20-17-23-10-18(2,3)8-15(23)21-26-17;13-11-10(18-8-4-2-1-3-5-8)7-6-9(12(11)14)15(16)17;1-11(9,10)3-2-4(6)5(7)8/h1,6-7H,5,8-10H2,2-3H3;1-7H,14H2;4H,2-3,6H2,1H3,(H,7,8)(H,9,10)/b20-17-;;. The number of nitrogens with two attached hydrogens (primary N) is 2. The summed E-state index contributed by atoms with van der Waals surface area (Å²) in [7, 11) is -3.10. The Morgan fingerprint density at radius 3 is 2.62 bits per heavy atom. The predicted octanol–water partition coefficient (Wildman–Crippen LogP) is 5.57. The average Bonchev–Trinajstić information content (AvgIpc) is 3.62. The van der Waals surface area contributed by atoms with E-state index in [1.807, 2.05) is 10.6 Å². The second-order valence-corrected chi connectivity index (χ2v) is 16.8. The molecule has 0 radical (unpaired) electrons. The van der Waals surface area contributed by atoms with Gasteiger partial charge < -0.3 is 35.5 Å². The summed E-state index contributed by atoms with van der Waals surface area (Å²) in [5.74, 6) is 2.64. The number of nitrogens with zero attached hydrogens (tertiary/aromatic N) is 5. The molecule has 2 aliphatic rings. The normalized spacial score (nSPS) is 15.7. The van der Waals surface area contributed by atoms with Crippen LogP contribution in [-0.4, -0.2) is 67.8 Å². The van der Waals surface area contributed by atoms with E-state index in [-0.39, 0.29) is 64.9 Å². The topological polar surface area (TPSA) is 239 Å². The molecule has 292 valence electrons. The number of carbonyl (C=O) groups excluding carboxylic acids is 1. The molecule has 6 rings (SSSR count). The molecule has 16 nitrogen and oxygen atoms in total. The van der Waals surface area contributed by atoms with Crippen molar-refractivity contribution in [2.75, 3.05) is 36.6 Å². The molecular formula is C35H38ClFN7O9PS. The Kier molecular flexibility index (Phi) is 13.8. The van der Waals surface area contributed by atoms with Crippen LogP contribution in [0.3, 0.4) is 0 Å². The van der Waals surface area contributed by atoms with Gasteiger partial charge in [0.25, 0.3) is 11.6 Å². The van der Waals surface area contributed by atoms with Crippen molar-refractivity contribution in [2.45, 2.75) is 39.3 Å². The predicted molar refractivity (Wildman–Crippen MR) is 206 cm³/mol. The van der Waals surface area contributed by atoms with Crippen molar-refractivity contribution >= 4 is 65.1 Å². The van der Waals surface area contributed by atoms with E-state index in [4.69, 9.17) is 49.0 Å². The first-order valence-corrected chi connectivity index (χ1v) is 19.8. The Bertz CT molecular complexity index is 2240. The Hall–Kier alpha value is -5.31. The minimum absolute atomic E-state index is 0.0352. The number of carbonyl (C=O) groups is 2. The third-order valence-electron chi connectivity index (χ3n) is 7.90. The van der Waals surface area contributed by atoms with Gasteiger partial charge in [-0.3, -0.25) is 29.2 Å². The first-order chi connectivity index (χ1) is 25.8. The number of ether oxygens (including phenoxy) is 2. The van der Waals surface area contributed by atoms with Crippen molar-refractivity contribution in [3.63, 3.8) is 0 Å². The highest BCUT2D eigenvalue weighted by atomic mass is 35.5. The SMILES string of the molecule is C#CCN1C(=O)COc2cc(F)c(/N=c3\snc4n3CC(C)(C)C4)cc21.CP(=O)(O)CCC(N)C(=O)O.Nc1c([N+](=O)[O-])ccc(Oc2ccccc2)c1Cl. The summed E-state index contributed by atoms with van der Waals surface area (Å²) in [4.78, 5) is 47.5. The van der Waals surface area contributed by atoms with Crippen LogP contribution in [-0.2, 0) is 27.1 Å². The van der Waals surface area contributed by atoms with E-state index in [2.05, 4.69) is 29.1 Å². The maximum absolute atomic E-state index is 14.5. The van der Waals surface area contributed by atoms with Gasteiger partial charge in [-0.15, -0.1) is 6.42 Å². The molecule has 0 saturated carbocycles. The van der Waals surface area contributed by atoms with Crippen LogP contribution in [0.2, 0.25) is 5.02 Å². The van der Waals surface area contributed by atoms with Crippen molar-refractivity contribution < 1.29 is 42.9 Å². The summed E-state index contributed by atoms with van der Waals surface area (Å²) in [6.45, 7) is 6.24. The van der Waals surface area contributed by atoms with Gasteiger partial charge in [-0.2, -0.15) is 4.37 Å². The van der Waals surface area contributed by atoms with E-state index >= 15 is 0 Å². The number of hydrogen-bond donors (Lipinski definition) is 4. The number of carboxylic acids is 1. The van der Waals surface area contributed by atoms with E-state index in [1.54, 1.807) is 24.3 Å². The lowest BCUT2D eigenvalue weighted by molar-refractivity contribution is -0.383. The van der Waals surface area contributed by atoms with Crippen molar-refractivity contribution in [2.24, 2.45) is 16.1 Å². The van der Waals surface area contributed by atoms with E-state index in [9.17, 15) is 28.7 Å². The first-order valence-electron chi connectivity index (χ1n) is 16.3. The molecule has 2 unspecified atom stereocenters. The van der Waals surface area contributed by atoms with Crippen LogP contribution >= 0.6 is 30.5 Å². The zero-order valence-electron chi connectivity index (χ0n) is 29.8. The number of nitrogen functional groups attached to an aromatic ring is 1. The minimum Gasteiger partial charge on any atom is -0.481 e. The van der Waals surface area contributed by atoms with Crippen molar-refractivity contribution in [1.82, 2.24) is 8.94 Å². The molecule has 2 atom stereocenters. The number of nitro groups is 1. The van der Waals surface area contributed by atoms with E-state index in [0.717, 1.165) is 18.8 Å². The largest absolute Gasteiger partial charge is 0.481 e. The lowest BCUT2D eigenvalue weighted by Crippen LogP contribution is -2.39. The Balaban J connectivity index is 0.000000202. The number of aromatic nitrogens is 2. The van der Waals surface area contributed by atoms with Gasteiger partial charge in [-0.1, -0.05) is 49.6 Å². The van der Waals surface area contributed by atoms with Crippen molar-refractivity contribution in [1.29, 1.82) is 0 Å². The first kappa shape index (κ1) is 42.4. The fraction of sp³-hybridized carbons (Fsp3) is 0.314. The van der Waals surface area contributed by atoms with Gasteiger partial charge in [-0.25, -0.2) is 9.38 Å². The van der Waals surface area contributed by atoms with Gasteiger partial charge in [0, 0.05) is 49.5 Å². The summed E-state index contributed by atoms with van der Waals surface area (Å²) < 4.78 is 42.5. The van der Waals surface area contributed by atoms with E-state index in [0.29, 0.717) is 22.0 Å². The van der Waals surface area contributed by atoms with Gasteiger partial charge in [-0.05, 0) is 36.1 Å². The highest BCUT2D eigenvalue weighted by Gasteiger charge is 2.31. The lowest BCUT2D eigenvalue weighted by Gasteiger charge is -2.28. The number of halogens is 2. The molecule has 0 spiro atoms. The molecule has 2 aliphatic heterocycles. The van der Waals surface area contributed by atoms with Gasteiger partial charge in [0.05, 0.1) is 17.2 Å². The lowest BCUT2D eigenvalue weighted by atomic mass is 9.92. The highest BCUT2D eigenvalue weighted by Crippen LogP contribution is 2.40. The number of anilines is 2. The summed E-state index contributed by atoms with van der Waals surface area (Å²) in [6.07, 6.45) is 6.22. The molecule has 3 aromatic carbocycles. The van der Waals surface area contributed by atoms with Crippen LogP contribution in [0.15, 0.2) is 59.6 Å². The average molecular weight is 818 g/mol. The van der Waals surface area contributed by atoms with Crippen LogP contribution < -0.4 is 30.6 Å². The molecule has 0 fully saturated rings. The van der Waals surface area contributed by atoms with Crippen LogP contribution in [0.4, 0.5) is 27.1 Å². The Morgan fingerprint density at radius 2 is 2.00 bits per heavy atom. The number of fused-ring (bicyclic) bond motifs is 2. The smallest absolute Gasteiger partial charge is 0.320 e. The highest BCUT2D eigenvalue weighted by molar-refractivity contribution is 7.57. The number of para-hydroxylation sites is 1. The molecule has 6 N–H and O–H groups in total.